The first-order valence-electron chi connectivity index (χ1n) is 6.13. The van der Waals surface area contributed by atoms with E-state index in [1.54, 1.807) is 12.3 Å². The van der Waals surface area contributed by atoms with Gasteiger partial charge in [0.15, 0.2) is 0 Å². The van der Waals surface area contributed by atoms with E-state index in [0.717, 1.165) is 0 Å². The minimum absolute atomic E-state index is 0.0418. The SMILES string of the molecule is CCNc1cnn(Cc2ccc(F)c(C#N)c2)c(=O)c1. The fraction of sp³-hybridized carbons (Fsp3) is 0.214. The minimum atomic E-state index is -0.570. The maximum Gasteiger partial charge on any atom is 0.269 e. The first-order chi connectivity index (χ1) is 9.63. The van der Waals surface area contributed by atoms with Crippen LogP contribution in [0, 0.1) is 17.1 Å². The average Bonchev–Trinajstić information content (AvgIpc) is 2.44. The van der Waals surface area contributed by atoms with Gasteiger partial charge in [0.05, 0.1) is 24.0 Å². The molecule has 0 unspecified atom stereocenters. The van der Waals surface area contributed by atoms with Gasteiger partial charge in [-0.3, -0.25) is 4.79 Å². The van der Waals surface area contributed by atoms with Crippen molar-refractivity contribution in [2.45, 2.75) is 13.5 Å². The van der Waals surface area contributed by atoms with Gasteiger partial charge in [-0.1, -0.05) is 6.07 Å². The molecular weight excluding hydrogens is 259 g/mol. The number of halogens is 1. The third-order valence-corrected chi connectivity index (χ3v) is 2.73. The summed E-state index contributed by atoms with van der Waals surface area (Å²) in [7, 11) is 0. The lowest BCUT2D eigenvalue weighted by atomic mass is 10.1. The number of benzene rings is 1. The molecule has 1 aromatic heterocycles. The highest BCUT2D eigenvalue weighted by Gasteiger charge is 2.05. The van der Waals surface area contributed by atoms with Gasteiger partial charge < -0.3 is 5.32 Å². The van der Waals surface area contributed by atoms with Crippen LogP contribution in [0.5, 0.6) is 0 Å². The van der Waals surface area contributed by atoms with Crippen molar-refractivity contribution in [1.29, 1.82) is 5.26 Å². The van der Waals surface area contributed by atoms with E-state index >= 15 is 0 Å². The lowest BCUT2D eigenvalue weighted by molar-refractivity contribution is 0.615. The molecule has 2 aromatic rings. The Labute approximate surface area is 115 Å². The Bertz CT molecular complexity index is 718. The van der Waals surface area contributed by atoms with Crippen LogP contribution in [-0.4, -0.2) is 16.3 Å². The molecule has 0 bridgehead atoms. The number of anilines is 1. The van der Waals surface area contributed by atoms with E-state index in [9.17, 15) is 9.18 Å². The van der Waals surface area contributed by atoms with Crippen molar-refractivity contribution in [2.75, 3.05) is 11.9 Å². The van der Waals surface area contributed by atoms with Crippen molar-refractivity contribution in [3.8, 4) is 6.07 Å². The van der Waals surface area contributed by atoms with Crippen molar-refractivity contribution in [3.05, 3.63) is 57.8 Å². The number of hydrogen-bond donors (Lipinski definition) is 1. The third-order valence-electron chi connectivity index (χ3n) is 2.73. The Kier molecular flexibility index (Phi) is 4.11. The standard InChI is InChI=1S/C14H13FN4O/c1-2-17-12-6-14(20)19(18-8-12)9-10-3-4-13(15)11(5-10)7-16/h3-6,8,17H,2,9H2,1H3. The molecule has 0 aliphatic heterocycles. The van der Waals surface area contributed by atoms with Crippen molar-refractivity contribution in [1.82, 2.24) is 9.78 Å². The summed E-state index contributed by atoms with van der Waals surface area (Å²) < 4.78 is 14.5. The van der Waals surface area contributed by atoms with E-state index in [2.05, 4.69) is 10.4 Å². The summed E-state index contributed by atoms with van der Waals surface area (Å²) in [5, 5.41) is 15.8. The monoisotopic (exact) mass is 272 g/mol. The number of nitriles is 1. The Morgan fingerprint density at radius 1 is 1.45 bits per heavy atom. The van der Waals surface area contributed by atoms with Gasteiger partial charge in [-0.2, -0.15) is 10.4 Å². The lowest BCUT2D eigenvalue weighted by Gasteiger charge is -2.07. The molecule has 1 aromatic carbocycles. The summed E-state index contributed by atoms with van der Waals surface area (Å²) in [4.78, 5) is 11.9. The highest BCUT2D eigenvalue weighted by molar-refractivity contribution is 5.38. The van der Waals surface area contributed by atoms with Crippen molar-refractivity contribution >= 4 is 5.69 Å². The Morgan fingerprint density at radius 3 is 2.90 bits per heavy atom. The predicted molar refractivity (Wildman–Crippen MR) is 72.9 cm³/mol. The van der Waals surface area contributed by atoms with E-state index in [4.69, 9.17) is 5.26 Å². The number of rotatable bonds is 4. The van der Waals surface area contributed by atoms with Crippen molar-refractivity contribution in [3.63, 3.8) is 0 Å². The molecule has 1 N–H and O–H groups in total. The molecule has 0 aliphatic rings. The first kappa shape index (κ1) is 13.7. The van der Waals surface area contributed by atoms with Crippen LogP contribution in [0.1, 0.15) is 18.1 Å². The molecule has 0 fully saturated rings. The predicted octanol–water partition coefficient (Wildman–Crippen LogP) is 1.73. The molecule has 6 heteroatoms. The van der Waals surface area contributed by atoms with Crippen LogP contribution < -0.4 is 10.9 Å². The van der Waals surface area contributed by atoms with Crippen LogP contribution >= 0.6 is 0 Å². The Balaban J connectivity index is 2.26. The van der Waals surface area contributed by atoms with Crippen LogP contribution in [0.2, 0.25) is 0 Å². The lowest BCUT2D eigenvalue weighted by Crippen LogP contribution is -2.23. The Hall–Kier alpha value is -2.68. The zero-order chi connectivity index (χ0) is 14.5. The summed E-state index contributed by atoms with van der Waals surface area (Å²) in [5.74, 6) is -0.570. The molecule has 5 nitrogen and oxygen atoms in total. The third kappa shape index (κ3) is 3.01. The molecule has 0 atom stereocenters. The molecule has 0 aliphatic carbocycles. The van der Waals surface area contributed by atoms with Gasteiger partial charge >= 0.3 is 0 Å². The van der Waals surface area contributed by atoms with E-state index in [-0.39, 0.29) is 17.7 Å². The second-order valence-electron chi connectivity index (χ2n) is 4.20. The molecule has 0 saturated heterocycles. The van der Waals surface area contributed by atoms with Crippen molar-refractivity contribution in [2.24, 2.45) is 0 Å². The fourth-order valence-electron chi connectivity index (χ4n) is 1.78. The van der Waals surface area contributed by atoms with Crippen LogP contribution in [-0.2, 0) is 6.54 Å². The zero-order valence-corrected chi connectivity index (χ0v) is 10.9. The Morgan fingerprint density at radius 2 is 2.25 bits per heavy atom. The van der Waals surface area contributed by atoms with Gasteiger partial charge in [-0.15, -0.1) is 0 Å². The molecule has 0 spiro atoms. The molecule has 2 rings (SSSR count). The molecule has 0 saturated carbocycles. The average molecular weight is 272 g/mol. The van der Waals surface area contributed by atoms with Crippen LogP contribution in [0.3, 0.4) is 0 Å². The second kappa shape index (κ2) is 5.97. The maximum absolute atomic E-state index is 13.2. The fourth-order valence-corrected chi connectivity index (χ4v) is 1.78. The summed E-state index contributed by atoms with van der Waals surface area (Å²) in [6, 6.07) is 7.38. The molecule has 20 heavy (non-hydrogen) atoms. The zero-order valence-electron chi connectivity index (χ0n) is 10.9. The number of nitrogens with one attached hydrogen (secondary N) is 1. The van der Waals surface area contributed by atoms with E-state index in [0.29, 0.717) is 17.8 Å². The van der Waals surface area contributed by atoms with Crippen LogP contribution in [0.15, 0.2) is 35.3 Å². The van der Waals surface area contributed by atoms with Gasteiger partial charge in [0.1, 0.15) is 11.9 Å². The first-order valence-corrected chi connectivity index (χ1v) is 6.13. The van der Waals surface area contributed by atoms with Gasteiger partial charge in [0.25, 0.3) is 5.56 Å². The van der Waals surface area contributed by atoms with E-state index < -0.39 is 5.82 Å². The topological polar surface area (TPSA) is 70.7 Å². The molecule has 0 radical (unpaired) electrons. The maximum atomic E-state index is 13.2. The van der Waals surface area contributed by atoms with E-state index in [1.165, 1.54) is 28.9 Å². The smallest absolute Gasteiger partial charge is 0.269 e. The number of hydrogen-bond acceptors (Lipinski definition) is 4. The van der Waals surface area contributed by atoms with Crippen molar-refractivity contribution < 1.29 is 4.39 Å². The summed E-state index contributed by atoms with van der Waals surface area (Å²) >= 11 is 0. The van der Waals surface area contributed by atoms with Gasteiger partial charge in [0.2, 0.25) is 0 Å². The highest BCUT2D eigenvalue weighted by Crippen LogP contribution is 2.10. The van der Waals surface area contributed by atoms with Gasteiger partial charge in [-0.05, 0) is 24.6 Å². The summed E-state index contributed by atoms with van der Waals surface area (Å²) in [6.07, 6.45) is 1.56. The minimum Gasteiger partial charge on any atom is -0.384 e. The highest BCUT2D eigenvalue weighted by atomic mass is 19.1. The molecule has 0 amide bonds. The van der Waals surface area contributed by atoms with Crippen LogP contribution in [0.25, 0.3) is 0 Å². The summed E-state index contributed by atoms with van der Waals surface area (Å²) in [6.45, 7) is 2.82. The quantitative estimate of drug-likeness (QED) is 0.920. The summed E-state index contributed by atoms with van der Waals surface area (Å²) in [5.41, 5.74) is 1.01. The normalized spacial score (nSPS) is 10.1. The molecule has 1 heterocycles. The van der Waals surface area contributed by atoms with E-state index in [1.807, 2.05) is 6.92 Å². The molecular formula is C14H13FN4O. The second-order valence-corrected chi connectivity index (χ2v) is 4.20. The molecule has 102 valence electrons. The number of aromatic nitrogens is 2. The largest absolute Gasteiger partial charge is 0.384 e. The number of nitrogens with zero attached hydrogens (tertiary/aromatic N) is 3. The van der Waals surface area contributed by atoms with Gasteiger partial charge in [-0.25, -0.2) is 9.07 Å². The van der Waals surface area contributed by atoms with Crippen LogP contribution in [0.4, 0.5) is 10.1 Å². The van der Waals surface area contributed by atoms with Gasteiger partial charge in [0, 0.05) is 12.6 Å².